The average molecular weight is 375 g/mol. The number of ether oxygens (including phenoxy) is 2. The maximum absolute atomic E-state index is 12.6. The lowest BCUT2D eigenvalue weighted by molar-refractivity contribution is -0.143. The summed E-state index contributed by atoms with van der Waals surface area (Å²) in [5.74, 6) is -0.814. The number of morpholine rings is 1. The van der Waals surface area contributed by atoms with Crippen molar-refractivity contribution in [3.8, 4) is 0 Å². The first-order chi connectivity index (χ1) is 12.5. The van der Waals surface area contributed by atoms with Crippen LogP contribution in [0.5, 0.6) is 0 Å². The first kappa shape index (κ1) is 18.3. The molecule has 7 nitrogen and oxygen atoms in total. The molecule has 0 saturated carbocycles. The first-order valence-corrected chi connectivity index (χ1v) is 8.73. The molecule has 0 aliphatic carbocycles. The highest BCUT2D eigenvalue weighted by molar-refractivity contribution is 7.80. The second-order valence-corrected chi connectivity index (χ2v) is 6.39. The Kier molecular flexibility index (Phi) is 5.53. The maximum Gasteiger partial charge on any atom is 0.325 e. The van der Waals surface area contributed by atoms with E-state index in [1.807, 2.05) is 24.3 Å². The van der Waals surface area contributed by atoms with E-state index in [-0.39, 0.29) is 17.6 Å². The number of likely N-dealkylation sites (N-methyl/N-ethyl adjacent to an activating group) is 1. The summed E-state index contributed by atoms with van der Waals surface area (Å²) in [5, 5.41) is 0.289. The van der Waals surface area contributed by atoms with Gasteiger partial charge in [0.25, 0.3) is 5.91 Å². The summed E-state index contributed by atoms with van der Waals surface area (Å²) in [6, 6.07) is 7.99. The van der Waals surface area contributed by atoms with Crippen LogP contribution in [0.2, 0.25) is 0 Å². The van der Waals surface area contributed by atoms with E-state index in [0.717, 1.165) is 37.6 Å². The van der Waals surface area contributed by atoms with Crippen molar-refractivity contribution in [3.63, 3.8) is 0 Å². The van der Waals surface area contributed by atoms with Crippen LogP contribution in [-0.2, 0) is 19.1 Å². The van der Waals surface area contributed by atoms with E-state index in [2.05, 4.69) is 9.64 Å². The standard InChI is InChI=1S/C18H21N3O4S/c1-19-15(17(23)21(18(19)26)12-16(22)24-2)11-13-3-5-14(6-4-13)20-7-9-25-10-8-20/h3-6,11H,7-10,12H2,1-2H3/b15-11-. The number of hydrogen-bond donors (Lipinski definition) is 0. The third kappa shape index (κ3) is 3.71. The van der Waals surface area contributed by atoms with E-state index in [4.69, 9.17) is 17.0 Å². The van der Waals surface area contributed by atoms with Gasteiger partial charge in [-0.2, -0.15) is 0 Å². The SMILES string of the molecule is COC(=O)CN1C(=O)/C(=C/c2ccc(N3CCOCC3)cc2)N(C)C1=S. The molecule has 0 radical (unpaired) electrons. The molecule has 0 atom stereocenters. The third-order valence-electron chi connectivity index (χ3n) is 4.43. The summed E-state index contributed by atoms with van der Waals surface area (Å²) in [5.41, 5.74) is 2.45. The summed E-state index contributed by atoms with van der Waals surface area (Å²) < 4.78 is 9.99. The van der Waals surface area contributed by atoms with Gasteiger partial charge in [-0.15, -0.1) is 0 Å². The van der Waals surface area contributed by atoms with Gasteiger partial charge in [-0.25, -0.2) is 0 Å². The molecule has 138 valence electrons. The van der Waals surface area contributed by atoms with Crippen molar-refractivity contribution in [1.82, 2.24) is 9.80 Å². The molecular weight excluding hydrogens is 354 g/mol. The van der Waals surface area contributed by atoms with Gasteiger partial charge >= 0.3 is 5.97 Å². The van der Waals surface area contributed by atoms with E-state index in [9.17, 15) is 9.59 Å². The van der Waals surface area contributed by atoms with Gasteiger partial charge in [0.15, 0.2) is 5.11 Å². The highest BCUT2D eigenvalue weighted by atomic mass is 32.1. The van der Waals surface area contributed by atoms with E-state index in [1.54, 1.807) is 18.0 Å². The number of nitrogens with zero attached hydrogens (tertiary/aromatic N) is 3. The Labute approximate surface area is 157 Å². The second-order valence-electron chi connectivity index (χ2n) is 6.03. The molecule has 2 saturated heterocycles. The fourth-order valence-electron chi connectivity index (χ4n) is 2.91. The number of carbonyl (C=O) groups is 2. The molecule has 0 bridgehead atoms. The molecule has 1 aromatic rings. The van der Waals surface area contributed by atoms with Crippen molar-refractivity contribution in [2.24, 2.45) is 0 Å². The van der Waals surface area contributed by atoms with Crippen LogP contribution in [0, 0.1) is 0 Å². The van der Waals surface area contributed by atoms with E-state index in [1.165, 1.54) is 12.0 Å². The molecule has 0 unspecified atom stereocenters. The minimum absolute atomic E-state index is 0.189. The van der Waals surface area contributed by atoms with Crippen LogP contribution in [0.4, 0.5) is 5.69 Å². The van der Waals surface area contributed by atoms with Crippen LogP contribution >= 0.6 is 12.2 Å². The van der Waals surface area contributed by atoms with Crippen LogP contribution in [0.25, 0.3) is 6.08 Å². The van der Waals surface area contributed by atoms with Crippen LogP contribution in [0.15, 0.2) is 30.0 Å². The molecule has 0 N–H and O–H groups in total. The summed E-state index contributed by atoms with van der Waals surface area (Å²) in [7, 11) is 2.99. The zero-order valence-corrected chi connectivity index (χ0v) is 15.6. The van der Waals surface area contributed by atoms with Crippen LogP contribution in [0.3, 0.4) is 0 Å². The van der Waals surface area contributed by atoms with Gasteiger partial charge in [0.1, 0.15) is 12.2 Å². The lowest BCUT2D eigenvalue weighted by atomic mass is 10.1. The topological polar surface area (TPSA) is 62.3 Å². The predicted octanol–water partition coefficient (Wildman–Crippen LogP) is 1.10. The number of anilines is 1. The van der Waals surface area contributed by atoms with E-state index < -0.39 is 5.97 Å². The van der Waals surface area contributed by atoms with Crippen LogP contribution < -0.4 is 4.90 Å². The minimum atomic E-state index is -0.509. The van der Waals surface area contributed by atoms with E-state index >= 15 is 0 Å². The highest BCUT2D eigenvalue weighted by Crippen LogP contribution is 2.23. The lowest BCUT2D eigenvalue weighted by Crippen LogP contribution is -2.36. The van der Waals surface area contributed by atoms with E-state index in [0.29, 0.717) is 5.70 Å². The number of benzene rings is 1. The number of rotatable bonds is 4. The molecule has 1 amide bonds. The van der Waals surface area contributed by atoms with Crippen LogP contribution in [-0.4, -0.2) is 73.8 Å². The Morgan fingerprint density at radius 1 is 1.27 bits per heavy atom. The minimum Gasteiger partial charge on any atom is -0.468 e. The number of hydrogen-bond acceptors (Lipinski definition) is 6. The van der Waals surface area contributed by atoms with Gasteiger partial charge in [-0.1, -0.05) is 12.1 Å². The molecule has 2 aliphatic heterocycles. The average Bonchev–Trinajstić information content (AvgIpc) is 2.87. The highest BCUT2D eigenvalue weighted by Gasteiger charge is 2.36. The Morgan fingerprint density at radius 3 is 2.54 bits per heavy atom. The van der Waals surface area contributed by atoms with Gasteiger partial charge in [0.05, 0.1) is 20.3 Å². The fourth-order valence-corrected chi connectivity index (χ4v) is 3.15. The molecule has 2 aliphatic rings. The van der Waals surface area contributed by atoms with Crippen molar-refractivity contribution in [2.45, 2.75) is 0 Å². The Hall–Kier alpha value is -2.45. The summed E-state index contributed by atoms with van der Waals surface area (Å²) in [6.07, 6.45) is 1.77. The van der Waals surface area contributed by atoms with Gasteiger partial charge < -0.3 is 19.3 Å². The van der Waals surface area contributed by atoms with Gasteiger partial charge in [-0.3, -0.25) is 14.5 Å². The van der Waals surface area contributed by atoms with Crippen molar-refractivity contribution >= 4 is 41.0 Å². The summed E-state index contributed by atoms with van der Waals surface area (Å²) in [6.45, 7) is 3.03. The number of methoxy groups -OCH3 is 1. The first-order valence-electron chi connectivity index (χ1n) is 8.32. The Morgan fingerprint density at radius 2 is 1.92 bits per heavy atom. The summed E-state index contributed by atoms with van der Waals surface area (Å²) in [4.78, 5) is 29.2. The molecule has 1 aromatic carbocycles. The lowest BCUT2D eigenvalue weighted by Gasteiger charge is -2.28. The van der Waals surface area contributed by atoms with Gasteiger partial charge in [0.2, 0.25) is 0 Å². The normalized spacial score (nSPS) is 19.5. The maximum atomic E-state index is 12.6. The molecule has 2 heterocycles. The molecule has 2 fully saturated rings. The monoisotopic (exact) mass is 375 g/mol. The molecule has 0 aromatic heterocycles. The Balaban J connectivity index is 1.77. The molecule has 3 rings (SSSR count). The fraction of sp³-hybridized carbons (Fsp3) is 0.389. The summed E-state index contributed by atoms with van der Waals surface area (Å²) >= 11 is 5.27. The zero-order chi connectivity index (χ0) is 18.7. The van der Waals surface area contributed by atoms with Crippen LogP contribution in [0.1, 0.15) is 5.56 Å². The zero-order valence-electron chi connectivity index (χ0n) is 14.8. The van der Waals surface area contributed by atoms with Gasteiger partial charge in [0, 0.05) is 25.8 Å². The van der Waals surface area contributed by atoms with Gasteiger partial charge in [-0.05, 0) is 36.0 Å². The Bertz CT molecular complexity index is 741. The smallest absolute Gasteiger partial charge is 0.325 e. The van der Waals surface area contributed by atoms with Crippen molar-refractivity contribution in [3.05, 3.63) is 35.5 Å². The largest absolute Gasteiger partial charge is 0.468 e. The second kappa shape index (κ2) is 7.84. The number of esters is 1. The predicted molar refractivity (Wildman–Crippen MR) is 102 cm³/mol. The quantitative estimate of drug-likeness (QED) is 0.444. The van der Waals surface area contributed by atoms with Crippen molar-refractivity contribution in [2.75, 3.05) is 51.9 Å². The third-order valence-corrected chi connectivity index (χ3v) is 4.93. The number of amides is 1. The number of thiocarbonyl (C=S) groups is 1. The molecule has 0 spiro atoms. The van der Waals surface area contributed by atoms with Crippen molar-refractivity contribution < 1.29 is 19.1 Å². The molecule has 26 heavy (non-hydrogen) atoms. The van der Waals surface area contributed by atoms with Crippen molar-refractivity contribution in [1.29, 1.82) is 0 Å². The number of carbonyl (C=O) groups excluding carboxylic acids is 2. The molecular formula is C18H21N3O4S. The molecule has 8 heteroatoms.